The van der Waals surface area contributed by atoms with E-state index in [0.29, 0.717) is 12.1 Å². The van der Waals surface area contributed by atoms with E-state index in [-0.39, 0.29) is 17.0 Å². The summed E-state index contributed by atoms with van der Waals surface area (Å²) in [6.07, 6.45) is 0. The summed E-state index contributed by atoms with van der Waals surface area (Å²) >= 11 is 2.80. The van der Waals surface area contributed by atoms with Crippen molar-refractivity contribution in [2.75, 3.05) is 5.75 Å². The molecule has 1 atom stereocenters. The Bertz CT molecular complexity index is 669. The maximum Gasteiger partial charge on any atom is 0.255 e. The number of amides is 1. The molecule has 4 nitrogen and oxygen atoms in total. The molecule has 2 heterocycles. The second kappa shape index (κ2) is 5.91. The molecule has 3 rings (SSSR count). The minimum Gasteiger partial charge on any atom is -0.549 e. The Hall–Kier alpha value is -1.79. The molecule has 2 aromatic rings. The third kappa shape index (κ3) is 2.82. The lowest BCUT2D eigenvalue weighted by Gasteiger charge is -2.24. The van der Waals surface area contributed by atoms with Crippen molar-refractivity contribution in [1.82, 2.24) is 4.90 Å². The van der Waals surface area contributed by atoms with Crippen LogP contribution in [0.1, 0.15) is 26.2 Å². The van der Waals surface area contributed by atoms with E-state index in [1.807, 2.05) is 35.7 Å². The standard InChI is InChI=1S/C15H13NO3S2/c17-13(18)9-21-15-12-6-2-1-5-11(12)14(19)16(15)8-10-4-3-7-20-10/h1-7,15H,8-9H2,(H,17,18)/p-1/t15-/m0/s1. The first-order valence-electron chi connectivity index (χ1n) is 6.40. The summed E-state index contributed by atoms with van der Waals surface area (Å²) in [4.78, 5) is 26.1. The number of thioether (sulfide) groups is 1. The number of fused-ring (bicyclic) bond motifs is 1. The smallest absolute Gasteiger partial charge is 0.255 e. The SMILES string of the molecule is O=C([O-])CS[C@H]1c2ccccc2C(=O)N1Cc1cccs1. The lowest BCUT2D eigenvalue weighted by atomic mass is 10.1. The van der Waals surface area contributed by atoms with Crippen molar-refractivity contribution >= 4 is 35.0 Å². The molecule has 0 radical (unpaired) electrons. The molecule has 0 saturated heterocycles. The topological polar surface area (TPSA) is 60.4 Å². The van der Waals surface area contributed by atoms with Crippen LogP contribution in [0.25, 0.3) is 0 Å². The molecule has 21 heavy (non-hydrogen) atoms. The van der Waals surface area contributed by atoms with Gasteiger partial charge in [0.15, 0.2) is 0 Å². The first-order valence-corrected chi connectivity index (χ1v) is 8.33. The van der Waals surface area contributed by atoms with E-state index < -0.39 is 5.97 Å². The number of hydrogen-bond acceptors (Lipinski definition) is 5. The average Bonchev–Trinajstić information content (AvgIpc) is 3.06. The maximum absolute atomic E-state index is 12.5. The van der Waals surface area contributed by atoms with Gasteiger partial charge in [-0.1, -0.05) is 24.3 Å². The van der Waals surface area contributed by atoms with Crippen LogP contribution in [0.2, 0.25) is 0 Å². The number of nitrogens with zero attached hydrogens (tertiary/aromatic N) is 1. The Balaban J connectivity index is 1.90. The lowest BCUT2D eigenvalue weighted by Crippen LogP contribution is -2.29. The number of carbonyl (C=O) groups is 2. The van der Waals surface area contributed by atoms with Crippen molar-refractivity contribution in [3.8, 4) is 0 Å². The number of benzene rings is 1. The zero-order valence-electron chi connectivity index (χ0n) is 11.0. The number of thiophene rings is 1. The normalized spacial score (nSPS) is 17.0. The molecular weight excluding hydrogens is 306 g/mol. The first kappa shape index (κ1) is 14.2. The van der Waals surface area contributed by atoms with Crippen LogP contribution >= 0.6 is 23.1 Å². The minimum absolute atomic E-state index is 0.0464. The van der Waals surface area contributed by atoms with Gasteiger partial charge in [-0.3, -0.25) is 4.79 Å². The highest BCUT2D eigenvalue weighted by Crippen LogP contribution is 2.42. The van der Waals surface area contributed by atoms with Gasteiger partial charge in [-0.05, 0) is 23.1 Å². The molecule has 0 fully saturated rings. The monoisotopic (exact) mass is 318 g/mol. The van der Waals surface area contributed by atoms with E-state index in [1.54, 1.807) is 22.3 Å². The number of carbonyl (C=O) groups excluding carboxylic acids is 2. The third-order valence-electron chi connectivity index (χ3n) is 3.27. The molecule has 1 aliphatic rings. The Morgan fingerprint density at radius 2 is 2.10 bits per heavy atom. The largest absolute Gasteiger partial charge is 0.549 e. The highest BCUT2D eigenvalue weighted by molar-refractivity contribution is 8.00. The summed E-state index contributed by atoms with van der Waals surface area (Å²) in [6.45, 7) is 0.496. The Kier molecular flexibility index (Phi) is 3.98. The van der Waals surface area contributed by atoms with Gasteiger partial charge in [0.2, 0.25) is 0 Å². The van der Waals surface area contributed by atoms with Crippen LogP contribution in [-0.2, 0) is 11.3 Å². The summed E-state index contributed by atoms with van der Waals surface area (Å²) in [5, 5.41) is 12.4. The van der Waals surface area contributed by atoms with E-state index in [1.165, 1.54) is 11.8 Å². The zero-order chi connectivity index (χ0) is 14.8. The first-order chi connectivity index (χ1) is 10.2. The van der Waals surface area contributed by atoms with Gasteiger partial charge >= 0.3 is 0 Å². The molecule has 1 aliphatic heterocycles. The van der Waals surface area contributed by atoms with Gasteiger partial charge in [0, 0.05) is 16.2 Å². The minimum atomic E-state index is -1.12. The molecule has 1 aromatic heterocycles. The lowest BCUT2D eigenvalue weighted by molar-refractivity contribution is -0.301. The molecule has 1 aromatic carbocycles. The number of aliphatic carboxylic acids is 1. The van der Waals surface area contributed by atoms with Gasteiger partial charge in [0.25, 0.3) is 5.91 Å². The van der Waals surface area contributed by atoms with Crippen LogP contribution in [0.4, 0.5) is 0 Å². The zero-order valence-corrected chi connectivity index (χ0v) is 12.7. The predicted octanol–water partition coefficient (Wildman–Crippen LogP) is 1.89. The van der Waals surface area contributed by atoms with Crippen LogP contribution in [-0.4, -0.2) is 22.5 Å². The Labute approximate surface area is 130 Å². The van der Waals surface area contributed by atoms with Crippen molar-refractivity contribution in [3.05, 3.63) is 57.8 Å². The van der Waals surface area contributed by atoms with Gasteiger partial charge in [-0.2, -0.15) is 0 Å². The van der Waals surface area contributed by atoms with E-state index >= 15 is 0 Å². The van der Waals surface area contributed by atoms with Gasteiger partial charge in [0.1, 0.15) is 5.37 Å². The third-order valence-corrected chi connectivity index (χ3v) is 5.35. The van der Waals surface area contributed by atoms with E-state index in [4.69, 9.17) is 0 Å². The summed E-state index contributed by atoms with van der Waals surface area (Å²) in [5.74, 6) is -1.30. The van der Waals surface area contributed by atoms with Gasteiger partial charge < -0.3 is 14.8 Å². The second-order valence-electron chi connectivity index (χ2n) is 4.64. The Morgan fingerprint density at radius 1 is 1.29 bits per heavy atom. The molecule has 0 N–H and O–H groups in total. The molecule has 108 valence electrons. The fourth-order valence-corrected chi connectivity index (χ4v) is 4.12. The summed E-state index contributed by atoms with van der Waals surface area (Å²) in [5.41, 5.74) is 1.54. The van der Waals surface area contributed by atoms with Crippen molar-refractivity contribution in [1.29, 1.82) is 0 Å². The number of rotatable bonds is 5. The quantitative estimate of drug-likeness (QED) is 0.844. The molecule has 0 bridgehead atoms. The highest BCUT2D eigenvalue weighted by atomic mass is 32.2. The number of carboxylic acids is 1. The van der Waals surface area contributed by atoms with Gasteiger partial charge in [-0.15, -0.1) is 23.1 Å². The summed E-state index contributed by atoms with van der Waals surface area (Å²) in [6, 6.07) is 11.3. The molecule has 0 saturated carbocycles. The Morgan fingerprint density at radius 3 is 2.81 bits per heavy atom. The van der Waals surface area contributed by atoms with Crippen LogP contribution in [0.5, 0.6) is 0 Å². The molecule has 6 heteroatoms. The van der Waals surface area contributed by atoms with Crippen molar-refractivity contribution in [3.63, 3.8) is 0 Å². The van der Waals surface area contributed by atoms with E-state index in [0.717, 1.165) is 10.4 Å². The summed E-state index contributed by atoms with van der Waals surface area (Å²) < 4.78 is 0. The maximum atomic E-state index is 12.5. The summed E-state index contributed by atoms with van der Waals surface area (Å²) in [7, 11) is 0. The van der Waals surface area contributed by atoms with Crippen LogP contribution in [0.15, 0.2) is 41.8 Å². The highest BCUT2D eigenvalue weighted by Gasteiger charge is 2.36. The molecule has 0 unspecified atom stereocenters. The molecule has 0 aliphatic carbocycles. The number of carboxylic acid groups (broad SMARTS) is 1. The van der Waals surface area contributed by atoms with Gasteiger partial charge in [-0.25, -0.2) is 0 Å². The second-order valence-corrected chi connectivity index (χ2v) is 6.74. The van der Waals surface area contributed by atoms with Crippen LogP contribution < -0.4 is 5.11 Å². The van der Waals surface area contributed by atoms with Gasteiger partial charge in [0.05, 0.1) is 12.5 Å². The molecular formula is C15H12NO3S2-. The average molecular weight is 318 g/mol. The van der Waals surface area contributed by atoms with E-state index in [9.17, 15) is 14.7 Å². The number of hydrogen-bond donors (Lipinski definition) is 0. The van der Waals surface area contributed by atoms with Crippen LogP contribution in [0.3, 0.4) is 0 Å². The fraction of sp³-hybridized carbons (Fsp3) is 0.200. The van der Waals surface area contributed by atoms with Crippen molar-refractivity contribution < 1.29 is 14.7 Å². The predicted molar refractivity (Wildman–Crippen MR) is 80.8 cm³/mol. The van der Waals surface area contributed by atoms with Crippen molar-refractivity contribution in [2.24, 2.45) is 0 Å². The fourth-order valence-electron chi connectivity index (χ4n) is 2.39. The molecule has 0 spiro atoms. The van der Waals surface area contributed by atoms with Crippen LogP contribution in [0, 0.1) is 0 Å². The van der Waals surface area contributed by atoms with E-state index in [2.05, 4.69) is 0 Å². The molecule has 1 amide bonds. The van der Waals surface area contributed by atoms with Crippen molar-refractivity contribution in [2.45, 2.75) is 11.9 Å².